The zero-order valence-corrected chi connectivity index (χ0v) is 44.2. The normalized spacial score (nSPS) is 21.2. The molecule has 410 valence electrons. The topological polar surface area (TPSA) is 358 Å². The number of aromatic amines is 1. The summed E-state index contributed by atoms with van der Waals surface area (Å²) in [6.07, 6.45) is 1.56. The third-order valence-corrected chi connectivity index (χ3v) is 14.9. The maximum absolute atomic E-state index is 14.8. The van der Waals surface area contributed by atoms with Gasteiger partial charge in [0.2, 0.25) is 47.3 Å². The summed E-state index contributed by atoms with van der Waals surface area (Å²) < 4.78 is 0. The molecule has 22 nitrogen and oxygen atoms in total. The number of nitrogens with one attached hydrogen (secondary N) is 9. The number of carboxylic acids is 1. The largest absolute Gasteiger partial charge is 0.508 e. The Morgan fingerprint density at radius 3 is 1.89 bits per heavy atom. The van der Waals surface area contributed by atoms with E-state index in [0.29, 0.717) is 29.5 Å². The van der Waals surface area contributed by atoms with Crippen LogP contribution >= 0.6 is 21.6 Å². The zero-order valence-electron chi connectivity index (χ0n) is 42.6. The minimum Gasteiger partial charge on any atom is -0.508 e. The van der Waals surface area contributed by atoms with E-state index in [9.17, 15) is 53.4 Å². The Kier molecular flexibility index (Phi) is 23.4. The van der Waals surface area contributed by atoms with Crippen molar-refractivity contribution in [3.05, 3.63) is 102 Å². The number of hydrogen-bond donors (Lipinski definition) is 13. The molecule has 3 aromatic carbocycles. The van der Waals surface area contributed by atoms with E-state index in [2.05, 4.69) is 47.5 Å². The van der Waals surface area contributed by atoms with Gasteiger partial charge in [-0.1, -0.05) is 103 Å². The van der Waals surface area contributed by atoms with Crippen molar-refractivity contribution in [2.45, 2.75) is 114 Å². The van der Waals surface area contributed by atoms with E-state index < -0.39 is 114 Å². The zero-order chi connectivity index (χ0) is 55.3. The molecule has 5 rings (SSSR count). The molecular formula is C52H69N11O11S2. The number of unbranched alkanes of at least 4 members (excludes halogenated alkanes) is 1. The number of benzene rings is 3. The minimum absolute atomic E-state index is 0.0412. The first kappa shape index (κ1) is 59.7. The number of aliphatic carboxylic acids is 1. The number of nitrogens with two attached hydrogens (primary N) is 2. The molecule has 4 aromatic rings. The standard InChI is InChI=1S/C52H69N11O11S2/c1-4-55-37(25-43(65)66)47(69)61-41-27-75-76-28-42(52(74)63-44(29(2)3)45(54)67)62-49(71)39(23-31-17-19-33(64)20-18-31)58-46(68)36(16-10-11-21-53)57-50(72)40(24-32-26-56-35-15-9-8-14-34(32)35)60-48(70)38(59-51(41)73)22-30-12-6-5-7-13-30/h5-9,12-15,17-20,26,29,36-42,44,55-56,64H,4,10-11,16,21-25,27-28,53H2,1-3H3,(H2,54,67)(H,57,72)(H,58,68)(H,59,73)(H,60,70)(H,61,69)(H,62,71)(H,63,74)(H,65,66)/t36-,37-,38-,39-,40-,41-,42-,44-/m0/s1. The van der Waals surface area contributed by atoms with Crippen molar-refractivity contribution in [2.75, 3.05) is 24.6 Å². The lowest BCUT2D eigenvalue weighted by atomic mass is 10.0. The molecule has 0 saturated carbocycles. The van der Waals surface area contributed by atoms with Gasteiger partial charge in [0.15, 0.2) is 0 Å². The number of primary amides is 1. The number of carboxylic acid groups (broad SMARTS) is 1. The highest BCUT2D eigenvalue weighted by Crippen LogP contribution is 2.25. The number of aromatic nitrogens is 1. The van der Waals surface area contributed by atoms with Gasteiger partial charge in [-0.2, -0.15) is 0 Å². The molecule has 24 heteroatoms. The molecule has 8 atom stereocenters. The highest BCUT2D eigenvalue weighted by molar-refractivity contribution is 8.76. The second-order valence-electron chi connectivity index (χ2n) is 18.7. The molecule has 76 heavy (non-hydrogen) atoms. The van der Waals surface area contributed by atoms with Gasteiger partial charge in [-0.15, -0.1) is 0 Å². The first-order valence-corrected chi connectivity index (χ1v) is 27.5. The molecule has 1 aromatic heterocycles. The van der Waals surface area contributed by atoms with Gasteiger partial charge < -0.3 is 69.2 Å². The molecule has 0 aliphatic carbocycles. The molecule has 1 aliphatic rings. The fourth-order valence-electron chi connectivity index (χ4n) is 8.36. The van der Waals surface area contributed by atoms with Crippen molar-refractivity contribution >= 4 is 85.7 Å². The van der Waals surface area contributed by atoms with Gasteiger partial charge >= 0.3 is 5.97 Å². The Labute approximate surface area is 448 Å². The lowest BCUT2D eigenvalue weighted by Gasteiger charge is -2.29. The summed E-state index contributed by atoms with van der Waals surface area (Å²) >= 11 is 0. The second-order valence-corrected chi connectivity index (χ2v) is 21.2. The summed E-state index contributed by atoms with van der Waals surface area (Å²) in [4.78, 5) is 129. The predicted octanol–water partition coefficient (Wildman–Crippen LogP) is 0.413. The lowest BCUT2D eigenvalue weighted by Crippen LogP contribution is -2.61. The molecule has 8 amide bonds. The van der Waals surface area contributed by atoms with E-state index in [4.69, 9.17) is 11.5 Å². The summed E-state index contributed by atoms with van der Waals surface area (Å²) in [5.41, 5.74) is 14.0. The number of likely N-dealkylation sites (N-methyl/N-ethyl adjacent to an activating group) is 1. The van der Waals surface area contributed by atoms with Crippen molar-refractivity contribution in [1.82, 2.24) is 47.5 Å². The summed E-state index contributed by atoms with van der Waals surface area (Å²) in [6, 6.07) is 11.1. The fourth-order valence-corrected chi connectivity index (χ4v) is 10.7. The molecule has 0 unspecified atom stereocenters. The second kappa shape index (κ2) is 29.8. The quantitative estimate of drug-likeness (QED) is 0.0421. The molecule has 1 saturated heterocycles. The number of carbonyl (C=O) groups is 9. The van der Waals surface area contributed by atoms with E-state index >= 15 is 0 Å². The highest BCUT2D eigenvalue weighted by atomic mass is 33.1. The summed E-state index contributed by atoms with van der Waals surface area (Å²) in [6.45, 7) is 5.46. The number of rotatable bonds is 20. The third kappa shape index (κ3) is 18.3. The average molecular weight is 1090 g/mol. The number of para-hydroxylation sites is 1. The van der Waals surface area contributed by atoms with Crippen molar-refractivity contribution in [3.63, 3.8) is 0 Å². The molecule has 1 aliphatic heterocycles. The molecule has 0 radical (unpaired) electrons. The van der Waals surface area contributed by atoms with Gasteiger partial charge in [-0.05, 0) is 73.2 Å². The van der Waals surface area contributed by atoms with Crippen LogP contribution in [-0.4, -0.2) is 141 Å². The Morgan fingerprint density at radius 2 is 1.28 bits per heavy atom. The number of aromatic hydroxyl groups is 1. The maximum atomic E-state index is 14.8. The number of phenolic OH excluding ortho intramolecular Hbond substituents is 1. The Bertz CT molecular complexity index is 2640. The van der Waals surface area contributed by atoms with Crippen molar-refractivity contribution < 1.29 is 53.4 Å². The van der Waals surface area contributed by atoms with Crippen LogP contribution in [-0.2, 0) is 62.4 Å². The molecule has 2 heterocycles. The smallest absolute Gasteiger partial charge is 0.305 e. The van der Waals surface area contributed by atoms with Crippen LogP contribution in [0, 0.1) is 5.92 Å². The van der Waals surface area contributed by atoms with E-state index in [0.717, 1.165) is 32.5 Å². The van der Waals surface area contributed by atoms with E-state index in [1.165, 1.54) is 12.1 Å². The highest BCUT2D eigenvalue weighted by Gasteiger charge is 2.36. The van der Waals surface area contributed by atoms with Crippen LogP contribution in [0.15, 0.2) is 85.1 Å². The van der Waals surface area contributed by atoms with Crippen molar-refractivity contribution in [2.24, 2.45) is 17.4 Å². The number of fused-ring (bicyclic) bond motifs is 1. The van der Waals surface area contributed by atoms with Crippen LogP contribution in [0.4, 0.5) is 0 Å². The van der Waals surface area contributed by atoms with Gasteiger partial charge in [0.1, 0.15) is 48.0 Å². The minimum atomic E-state index is -1.44. The molecule has 0 spiro atoms. The summed E-state index contributed by atoms with van der Waals surface area (Å²) in [5, 5.41) is 42.4. The molecule has 15 N–H and O–H groups in total. The number of amides is 8. The Balaban J connectivity index is 1.63. The van der Waals surface area contributed by atoms with Crippen molar-refractivity contribution in [1.29, 1.82) is 0 Å². The van der Waals surface area contributed by atoms with Gasteiger partial charge in [-0.25, -0.2) is 0 Å². The van der Waals surface area contributed by atoms with Crippen LogP contribution in [0.5, 0.6) is 5.75 Å². The van der Waals surface area contributed by atoms with Crippen LogP contribution in [0.25, 0.3) is 10.9 Å². The van der Waals surface area contributed by atoms with Gasteiger partial charge in [-0.3, -0.25) is 43.2 Å². The van der Waals surface area contributed by atoms with E-state index in [1.54, 1.807) is 69.4 Å². The third-order valence-electron chi connectivity index (χ3n) is 12.5. The first-order chi connectivity index (χ1) is 36.4. The molecule has 0 bridgehead atoms. The van der Waals surface area contributed by atoms with Crippen molar-refractivity contribution in [3.8, 4) is 5.75 Å². The first-order valence-electron chi connectivity index (χ1n) is 25.1. The SMILES string of the molecule is CCN[C@@H](CC(=O)O)C(=O)N[C@H]1CSSC[C@@H](C(=O)N[C@H](C(N)=O)C(C)C)NC(=O)[C@H](Cc2ccc(O)cc2)NC(=O)[C@H](CCCCN)NC(=O)[C@H](Cc2c[nH]c3ccccc23)NC(=O)[C@H](Cc2ccccc2)NC1=O. The van der Waals surface area contributed by atoms with E-state index in [-0.39, 0.29) is 56.0 Å². The van der Waals surface area contributed by atoms with Crippen LogP contribution < -0.4 is 54.0 Å². The number of hydrogen-bond acceptors (Lipinski definition) is 14. The number of carbonyl (C=O) groups excluding carboxylic acids is 8. The lowest BCUT2D eigenvalue weighted by molar-refractivity contribution is -0.140. The average Bonchev–Trinajstić information content (AvgIpc) is 3.79. The maximum Gasteiger partial charge on any atom is 0.305 e. The monoisotopic (exact) mass is 1090 g/mol. The number of phenols is 1. The predicted molar refractivity (Wildman–Crippen MR) is 289 cm³/mol. The Morgan fingerprint density at radius 1 is 0.711 bits per heavy atom. The van der Waals surface area contributed by atoms with E-state index in [1.807, 2.05) is 24.3 Å². The van der Waals surface area contributed by atoms with Gasteiger partial charge in [0, 0.05) is 47.9 Å². The van der Waals surface area contributed by atoms with Crippen LogP contribution in [0.2, 0.25) is 0 Å². The number of H-pyrrole nitrogens is 1. The van der Waals surface area contributed by atoms with Gasteiger partial charge in [0.25, 0.3) is 0 Å². The van der Waals surface area contributed by atoms with Crippen LogP contribution in [0.1, 0.15) is 63.1 Å². The van der Waals surface area contributed by atoms with Crippen LogP contribution in [0.3, 0.4) is 0 Å². The Hall–Kier alpha value is -7.15. The molecular weight excluding hydrogens is 1020 g/mol. The summed E-state index contributed by atoms with van der Waals surface area (Å²) in [5.74, 6) is -8.82. The fraction of sp³-hybridized carbons (Fsp3) is 0.442. The summed E-state index contributed by atoms with van der Waals surface area (Å²) in [7, 11) is 2.00. The molecule has 1 fully saturated rings. The van der Waals surface area contributed by atoms with Gasteiger partial charge in [0.05, 0.1) is 12.5 Å².